The Hall–Kier alpha value is -3.80. The Morgan fingerprint density at radius 2 is 1.67 bits per heavy atom. The molecule has 0 aliphatic heterocycles. The molecule has 4 rings (SSSR count). The van der Waals surface area contributed by atoms with E-state index in [-0.39, 0.29) is 0 Å². The average molecular weight is 404 g/mol. The third-order valence-corrected chi connectivity index (χ3v) is 5.05. The molecule has 1 atom stereocenters. The molecule has 30 heavy (non-hydrogen) atoms. The molecule has 6 nitrogen and oxygen atoms in total. The van der Waals surface area contributed by atoms with Gasteiger partial charge in [-0.25, -0.2) is 9.59 Å². The number of hydrogen-bond acceptors (Lipinski definition) is 6. The van der Waals surface area contributed by atoms with Gasteiger partial charge in [-0.2, -0.15) is 0 Å². The second kappa shape index (κ2) is 7.91. The summed E-state index contributed by atoms with van der Waals surface area (Å²) in [6, 6.07) is 17.9. The number of aryl methyl sites for hydroxylation is 1. The van der Waals surface area contributed by atoms with Crippen LogP contribution in [0.2, 0.25) is 0 Å². The lowest BCUT2D eigenvalue weighted by molar-refractivity contribution is -0.149. The molecule has 6 heteroatoms. The Morgan fingerprint density at radius 1 is 0.933 bits per heavy atom. The van der Waals surface area contributed by atoms with Gasteiger partial charge in [0.2, 0.25) is 6.10 Å². The third-order valence-electron chi connectivity index (χ3n) is 5.05. The second-order valence-corrected chi connectivity index (χ2v) is 6.80. The molecule has 0 saturated heterocycles. The van der Waals surface area contributed by atoms with Gasteiger partial charge >= 0.3 is 11.6 Å². The van der Waals surface area contributed by atoms with Crippen LogP contribution in [0.15, 0.2) is 69.9 Å². The van der Waals surface area contributed by atoms with Gasteiger partial charge in [0.25, 0.3) is 0 Å². The van der Waals surface area contributed by atoms with E-state index in [1.807, 2.05) is 30.3 Å². The maximum atomic E-state index is 12.6. The van der Waals surface area contributed by atoms with Gasteiger partial charge in [-0.15, -0.1) is 0 Å². The molecule has 3 aromatic carbocycles. The van der Waals surface area contributed by atoms with Gasteiger partial charge in [0, 0.05) is 21.9 Å². The van der Waals surface area contributed by atoms with E-state index in [2.05, 4.69) is 0 Å². The minimum atomic E-state index is -0.941. The van der Waals surface area contributed by atoms with Crippen molar-refractivity contribution in [3.05, 3.63) is 82.2 Å². The van der Waals surface area contributed by atoms with Gasteiger partial charge in [0.15, 0.2) is 0 Å². The summed E-state index contributed by atoms with van der Waals surface area (Å²) in [5, 5.41) is 1.96. The second-order valence-electron chi connectivity index (χ2n) is 6.80. The summed E-state index contributed by atoms with van der Waals surface area (Å²) >= 11 is 0. The van der Waals surface area contributed by atoms with E-state index in [4.69, 9.17) is 18.6 Å². The van der Waals surface area contributed by atoms with Crippen molar-refractivity contribution in [1.82, 2.24) is 0 Å². The highest BCUT2D eigenvalue weighted by molar-refractivity contribution is 6.06. The summed E-state index contributed by atoms with van der Waals surface area (Å²) < 4.78 is 21.8. The van der Waals surface area contributed by atoms with Crippen LogP contribution >= 0.6 is 0 Å². The predicted octanol–water partition coefficient (Wildman–Crippen LogP) is 4.56. The van der Waals surface area contributed by atoms with Crippen molar-refractivity contribution in [2.45, 2.75) is 13.0 Å². The zero-order valence-electron chi connectivity index (χ0n) is 16.8. The number of ether oxygens (including phenoxy) is 3. The molecule has 1 unspecified atom stereocenters. The minimum absolute atomic E-state index is 0.409. The zero-order valence-corrected chi connectivity index (χ0v) is 16.8. The Morgan fingerprint density at radius 3 is 2.37 bits per heavy atom. The first kappa shape index (κ1) is 19.5. The van der Waals surface area contributed by atoms with E-state index in [9.17, 15) is 9.59 Å². The van der Waals surface area contributed by atoms with Crippen molar-refractivity contribution < 1.29 is 23.4 Å². The molecular weight excluding hydrogens is 384 g/mol. The number of methoxy groups -OCH3 is 2. The first-order valence-electron chi connectivity index (χ1n) is 9.37. The molecule has 0 aliphatic rings. The Kier molecular flexibility index (Phi) is 5.14. The van der Waals surface area contributed by atoms with Crippen LogP contribution in [0.4, 0.5) is 0 Å². The fourth-order valence-corrected chi connectivity index (χ4v) is 3.46. The molecule has 0 amide bonds. The van der Waals surface area contributed by atoms with Gasteiger partial charge in [-0.05, 0) is 37.3 Å². The zero-order chi connectivity index (χ0) is 21.3. The summed E-state index contributed by atoms with van der Waals surface area (Å²) in [6.45, 7) is 1.79. The van der Waals surface area contributed by atoms with E-state index in [0.29, 0.717) is 33.6 Å². The molecular formula is C24H20O6. The molecule has 4 aromatic rings. The van der Waals surface area contributed by atoms with Crippen LogP contribution in [-0.2, 0) is 9.53 Å². The summed E-state index contributed by atoms with van der Waals surface area (Å²) in [6.07, 6.45) is -0.941. The van der Waals surface area contributed by atoms with Crippen LogP contribution in [0.5, 0.6) is 11.5 Å². The average Bonchev–Trinajstić information content (AvgIpc) is 2.79. The van der Waals surface area contributed by atoms with Gasteiger partial charge in [0.05, 0.1) is 19.6 Å². The lowest BCUT2D eigenvalue weighted by atomic mass is 10.0. The number of fused-ring (bicyclic) bond motifs is 3. The van der Waals surface area contributed by atoms with Gasteiger partial charge in [0.1, 0.15) is 17.1 Å². The van der Waals surface area contributed by atoms with E-state index in [0.717, 1.165) is 10.8 Å². The Balaban J connectivity index is 1.84. The normalized spacial score (nSPS) is 12.0. The van der Waals surface area contributed by atoms with Crippen molar-refractivity contribution in [3.63, 3.8) is 0 Å². The fraction of sp³-hybridized carbons (Fsp3) is 0.167. The highest BCUT2D eigenvalue weighted by Crippen LogP contribution is 2.34. The summed E-state index contributed by atoms with van der Waals surface area (Å²) in [5.74, 6) is 0.486. The van der Waals surface area contributed by atoms with Crippen LogP contribution in [0, 0.1) is 6.92 Å². The largest absolute Gasteiger partial charge is 0.497 e. The topological polar surface area (TPSA) is 75.0 Å². The van der Waals surface area contributed by atoms with Crippen LogP contribution in [0.1, 0.15) is 17.2 Å². The van der Waals surface area contributed by atoms with Crippen LogP contribution in [0.25, 0.3) is 21.7 Å². The van der Waals surface area contributed by atoms with E-state index in [1.54, 1.807) is 44.4 Å². The van der Waals surface area contributed by atoms with E-state index < -0.39 is 17.7 Å². The molecule has 1 aromatic heterocycles. The molecule has 0 fully saturated rings. The SMILES string of the molecule is COC(=O)C(Oc1ccc2c(oc(=O)c3cc(OC)ccc32)c1C)c1ccccc1. The van der Waals surface area contributed by atoms with Crippen molar-refractivity contribution in [3.8, 4) is 11.5 Å². The summed E-state index contributed by atoms with van der Waals surface area (Å²) in [4.78, 5) is 24.9. The quantitative estimate of drug-likeness (QED) is 0.276. The molecule has 0 N–H and O–H groups in total. The Bertz CT molecular complexity index is 1290. The van der Waals surface area contributed by atoms with Crippen molar-refractivity contribution in [2.75, 3.05) is 14.2 Å². The number of rotatable bonds is 5. The number of hydrogen-bond donors (Lipinski definition) is 0. The van der Waals surface area contributed by atoms with E-state index in [1.165, 1.54) is 7.11 Å². The molecule has 0 spiro atoms. The number of benzene rings is 3. The van der Waals surface area contributed by atoms with Gasteiger partial charge in [-0.1, -0.05) is 30.3 Å². The predicted molar refractivity (Wildman–Crippen MR) is 113 cm³/mol. The van der Waals surface area contributed by atoms with Crippen LogP contribution in [-0.4, -0.2) is 20.2 Å². The molecule has 0 aliphatic carbocycles. The minimum Gasteiger partial charge on any atom is -0.497 e. The molecule has 0 bridgehead atoms. The number of carbonyl (C=O) groups is 1. The van der Waals surface area contributed by atoms with Crippen molar-refractivity contribution in [2.24, 2.45) is 0 Å². The monoisotopic (exact) mass is 404 g/mol. The molecule has 0 radical (unpaired) electrons. The summed E-state index contributed by atoms with van der Waals surface area (Å²) in [5.41, 5.74) is 1.22. The molecule has 1 heterocycles. The fourth-order valence-electron chi connectivity index (χ4n) is 3.46. The molecule has 0 saturated carbocycles. The smallest absolute Gasteiger partial charge is 0.351 e. The van der Waals surface area contributed by atoms with Crippen LogP contribution < -0.4 is 15.1 Å². The first-order valence-corrected chi connectivity index (χ1v) is 9.37. The highest BCUT2D eigenvalue weighted by atomic mass is 16.6. The van der Waals surface area contributed by atoms with Gasteiger partial charge < -0.3 is 18.6 Å². The Labute approximate surface area is 172 Å². The van der Waals surface area contributed by atoms with E-state index >= 15 is 0 Å². The lowest BCUT2D eigenvalue weighted by Gasteiger charge is -2.19. The standard InChI is InChI=1S/C24H20O6/c1-14-20(29-22(24(26)28-3)15-7-5-4-6-8-15)12-11-18-17-10-9-16(27-2)13-19(17)23(25)30-21(14)18/h4-13,22H,1-3H3. The first-order chi connectivity index (χ1) is 14.5. The van der Waals surface area contributed by atoms with Crippen molar-refractivity contribution >= 4 is 27.7 Å². The highest BCUT2D eigenvalue weighted by Gasteiger charge is 2.25. The third kappa shape index (κ3) is 3.37. The van der Waals surface area contributed by atoms with Crippen LogP contribution in [0.3, 0.4) is 0 Å². The number of carbonyl (C=O) groups excluding carboxylic acids is 1. The van der Waals surface area contributed by atoms with Crippen molar-refractivity contribution in [1.29, 1.82) is 0 Å². The maximum Gasteiger partial charge on any atom is 0.351 e. The molecule has 152 valence electrons. The maximum absolute atomic E-state index is 12.6. The lowest BCUT2D eigenvalue weighted by Crippen LogP contribution is -2.20. The number of esters is 1. The summed E-state index contributed by atoms with van der Waals surface area (Å²) in [7, 11) is 2.86. The van der Waals surface area contributed by atoms with Gasteiger partial charge in [-0.3, -0.25) is 0 Å².